The van der Waals surface area contributed by atoms with Crippen LogP contribution in [0.15, 0.2) is 48.5 Å². The van der Waals surface area contributed by atoms with Crippen LogP contribution in [0.1, 0.15) is 20.7 Å². The molecule has 0 spiro atoms. The standard InChI is InChI=1S/C17H17ClN2O3/c1-23-15-4-2-3-13(11-15)17(22)20-10-9-19-16(21)12-5-7-14(18)8-6-12/h2-8,11H,9-10H2,1H3,(H,19,21)(H,20,22). The number of benzene rings is 2. The molecule has 0 aromatic heterocycles. The zero-order valence-corrected chi connectivity index (χ0v) is 13.4. The third-order valence-corrected chi connectivity index (χ3v) is 3.39. The van der Waals surface area contributed by atoms with Crippen molar-refractivity contribution >= 4 is 23.4 Å². The number of carbonyl (C=O) groups excluding carboxylic acids is 2. The highest BCUT2D eigenvalue weighted by Crippen LogP contribution is 2.12. The number of hydrogen-bond donors (Lipinski definition) is 2. The Bertz CT molecular complexity index is 686. The minimum atomic E-state index is -0.218. The largest absolute Gasteiger partial charge is 0.497 e. The van der Waals surface area contributed by atoms with Crippen molar-refractivity contribution in [3.8, 4) is 5.75 Å². The molecular weight excluding hydrogens is 316 g/mol. The molecule has 0 aliphatic carbocycles. The number of ether oxygens (including phenoxy) is 1. The lowest BCUT2D eigenvalue weighted by Gasteiger charge is -2.08. The van der Waals surface area contributed by atoms with Gasteiger partial charge >= 0.3 is 0 Å². The summed E-state index contributed by atoms with van der Waals surface area (Å²) in [5, 5.41) is 6.04. The van der Waals surface area contributed by atoms with E-state index in [0.717, 1.165) is 0 Å². The summed E-state index contributed by atoms with van der Waals surface area (Å²) in [5.74, 6) is 0.190. The van der Waals surface area contributed by atoms with E-state index in [0.29, 0.717) is 35.0 Å². The Labute approximate surface area is 139 Å². The predicted molar refractivity (Wildman–Crippen MR) is 89.1 cm³/mol. The van der Waals surface area contributed by atoms with Crippen LogP contribution in [-0.2, 0) is 0 Å². The minimum absolute atomic E-state index is 0.211. The van der Waals surface area contributed by atoms with E-state index < -0.39 is 0 Å². The van der Waals surface area contributed by atoms with Crippen molar-refractivity contribution in [3.05, 3.63) is 64.7 Å². The Hall–Kier alpha value is -2.53. The van der Waals surface area contributed by atoms with Crippen molar-refractivity contribution < 1.29 is 14.3 Å². The van der Waals surface area contributed by atoms with Crippen molar-refractivity contribution in [2.45, 2.75) is 0 Å². The summed E-state index contributed by atoms with van der Waals surface area (Å²) >= 11 is 5.77. The number of carbonyl (C=O) groups is 2. The van der Waals surface area contributed by atoms with Gasteiger partial charge in [0.2, 0.25) is 0 Å². The molecule has 0 radical (unpaired) electrons. The lowest BCUT2D eigenvalue weighted by Crippen LogP contribution is -2.34. The molecule has 2 aromatic rings. The van der Waals surface area contributed by atoms with Crippen molar-refractivity contribution in [1.82, 2.24) is 10.6 Å². The van der Waals surface area contributed by atoms with Crippen LogP contribution in [0.2, 0.25) is 5.02 Å². The second-order valence-electron chi connectivity index (χ2n) is 4.75. The highest BCUT2D eigenvalue weighted by molar-refractivity contribution is 6.30. The molecule has 0 unspecified atom stereocenters. The molecule has 2 N–H and O–H groups in total. The summed E-state index contributed by atoms with van der Waals surface area (Å²) in [6, 6.07) is 13.5. The second-order valence-corrected chi connectivity index (χ2v) is 5.19. The lowest BCUT2D eigenvalue weighted by atomic mass is 10.2. The Kier molecular flexibility index (Phi) is 6.00. The third-order valence-electron chi connectivity index (χ3n) is 3.13. The number of rotatable bonds is 6. The molecule has 120 valence electrons. The topological polar surface area (TPSA) is 67.4 Å². The van der Waals surface area contributed by atoms with Crippen molar-refractivity contribution in [2.24, 2.45) is 0 Å². The fraction of sp³-hybridized carbons (Fsp3) is 0.176. The number of hydrogen-bond acceptors (Lipinski definition) is 3. The van der Waals surface area contributed by atoms with Crippen molar-refractivity contribution in [2.75, 3.05) is 20.2 Å². The van der Waals surface area contributed by atoms with Crippen LogP contribution in [0.5, 0.6) is 5.75 Å². The SMILES string of the molecule is COc1cccc(C(=O)NCCNC(=O)c2ccc(Cl)cc2)c1. The molecule has 0 atom stereocenters. The third kappa shape index (κ3) is 5.00. The number of nitrogens with one attached hydrogen (secondary N) is 2. The molecule has 23 heavy (non-hydrogen) atoms. The Morgan fingerprint density at radius 2 is 1.57 bits per heavy atom. The fourth-order valence-electron chi connectivity index (χ4n) is 1.92. The van der Waals surface area contributed by atoms with Gasteiger partial charge in [0.25, 0.3) is 11.8 Å². The molecule has 0 fully saturated rings. The van der Waals surface area contributed by atoms with E-state index >= 15 is 0 Å². The van der Waals surface area contributed by atoms with Crippen LogP contribution in [0.25, 0.3) is 0 Å². The first-order valence-corrected chi connectivity index (χ1v) is 7.44. The van der Waals surface area contributed by atoms with Gasteiger partial charge < -0.3 is 15.4 Å². The summed E-state index contributed by atoms with van der Waals surface area (Å²) in [7, 11) is 1.54. The van der Waals surface area contributed by atoms with E-state index in [9.17, 15) is 9.59 Å². The summed E-state index contributed by atoms with van der Waals surface area (Å²) in [6.45, 7) is 0.659. The zero-order valence-electron chi connectivity index (χ0n) is 12.6. The summed E-state index contributed by atoms with van der Waals surface area (Å²) in [4.78, 5) is 23.8. The van der Waals surface area contributed by atoms with Gasteiger partial charge in [0.1, 0.15) is 5.75 Å². The number of methoxy groups -OCH3 is 1. The predicted octanol–water partition coefficient (Wildman–Crippen LogP) is 2.51. The first kappa shape index (κ1) is 16.8. The van der Waals surface area contributed by atoms with Crippen LogP contribution >= 0.6 is 11.6 Å². The molecule has 5 nitrogen and oxygen atoms in total. The van der Waals surface area contributed by atoms with E-state index in [-0.39, 0.29) is 11.8 Å². The quantitative estimate of drug-likeness (QED) is 0.799. The van der Waals surface area contributed by atoms with Gasteiger partial charge in [0.05, 0.1) is 7.11 Å². The normalized spacial score (nSPS) is 10.0. The first-order chi connectivity index (χ1) is 11.1. The lowest BCUT2D eigenvalue weighted by molar-refractivity contribution is 0.0927. The van der Waals surface area contributed by atoms with Gasteiger partial charge in [-0.25, -0.2) is 0 Å². The minimum Gasteiger partial charge on any atom is -0.497 e. The van der Waals surface area contributed by atoms with Gasteiger partial charge in [-0.3, -0.25) is 9.59 Å². The average Bonchev–Trinajstić information content (AvgIpc) is 2.59. The van der Waals surface area contributed by atoms with Gasteiger partial charge in [-0.05, 0) is 42.5 Å². The molecular formula is C17H17ClN2O3. The molecule has 0 heterocycles. The smallest absolute Gasteiger partial charge is 0.251 e. The molecule has 2 amide bonds. The molecule has 2 aromatic carbocycles. The van der Waals surface area contributed by atoms with Crippen LogP contribution in [0, 0.1) is 0 Å². The van der Waals surface area contributed by atoms with Gasteiger partial charge in [-0.2, -0.15) is 0 Å². The van der Waals surface area contributed by atoms with Crippen LogP contribution in [0.3, 0.4) is 0 Å². The van der Waals surface area contributed by atoms with Gasteiger partial charge in [0, 0.05) is 29.2 Å². The highest BCUT2D eigenvalue weighted by Gasteiger charge is 2.07. The maximum Gasteiger partial charge on any atom is 0.251 e. The maximum absolute atomic E-state index is 12.0. The maximum atomic E-state index is 12.0. The average molecular weight is 333 g/mol. The van der Waals surface area contributed by atoms with Gasteiger partial charge in [0.15, 0.2) is 0 Å². The molecule has 0 bridgehead atoms. The highest BCUT2D eigenvalue weighted by atomic mass is 35.5. The zero-order chi connectivity index (χ0) is 16.7. The van der Waals surface area contributed by atoms with Gasteiger partial charge in [-0.15, -0.1) is 0 Å². The first-order valence-electron chi connectivity index (χ1n) is 7.06. The molecule has 0 aliphatic rings. The van der Waals surface area contributed by atoms with E-state index in [1.54, 1.807) is 55.6 Å². The molecule has 6 heteroatoms. The Balaban J connectivity index is 1.77. The van der Waals surface area contributed by atoms with Crippen LogP contribution in [0.4, 0.5) is 0 Å². The summed E-state index contributed by atoms with van der Waals surface area (Å²) in [5.41, 5.74) is 1.03. The molecule has 2 rings (SSSR count). The molecule has 0 aliphatic heterocycles. The fourth-order valence-corrected chi connectivity index (χ4v) is 2.05. The van der Waals surface area contributed by atoms with Crippen LogP contribution < -0.4 is 15.4 Å². The van der Waals surface area contributed by atoms with E-state index in [4.69, 9.17) is 16.3 Å². The number of amides is 2. The van der Waals surface area contributed by atoms with E-state index in [2.05, 4.69) is 10.6 Å². The molecule has 0 saturated heterocycles. The van der Waals surface area contributed by atoms with Crippen molar-refractivity contribution in [3.63, 3.8) is 0 Å². The van der Waals surface area contributed by atoms with E-state index in [1.807, 2.05) is 0 Å². The monoisotopic (exact) mass is 332 g/mol. The summed E-state index contributed by atoms with van der Waals surface area (Å²) in [6.07, 6.45) is 0. The van der Waals surface area contributed by atoms with Crippen LogP contribution in [-0.4, -0.2) is 32.0 Å². The number of halogens is 1. The Morgan fingerprint density at radius 3 is 2.17 bits per heavy atom. The summed E-state index contributed by atoms with van der Waals surface area (Å²) < 4.78 is 5.07. The second kappa shape index (κ2) is 8.19. The Morgan fingerprint density at radius 1 is 0.957 bits per heavy atom. The van der Waals surface area contributed by atoms with Gasteiger partial charge in [-0.1, -0.05) is 17.7 Å². The van der Waals surface area contributed by atoms with Crippen molar-refractivity contribution in [1.29, 1.82) is 0 Å². The molecule has 0 saturated carbocycles. The van der Waals surface area contributed by atoms with E-state index in [1.165, 1.54) is 0 Å².